The van der Waals surface area contributed by atoms with E-state index in [-0.39, 0.29) is 4.90 Å². The largest absolute Gasteiger partial charge is 0.297 e. The first-order valence-electron chi connectivity index (χ1n) is 6.33. The van der Waals surface area contributed by atoms with E-state index in [1.165, 1.54) is 12.7 Å². The van der Waals surface area contributed by atoms with E-state index < -0.39 is 10.1 Å². The summed E-state index contributed by atoms with van der Waals surface area (Å²) in [5.74, 6) is 0.393. The summed E-state index contributed by atoms with van der Waals surface area (Å²) in [6.45, 7) is 4.27. The molecule has 0 fully saturated rings. The summed E-state index contributed by atoms with van der Waals surface area (Å²) >= 11 is 0. The number of hydrogen-bond acceptors (Lipinski definition) is 3. The summed E-state index contributed by atoms with van der Waals surface area (Å²) in [7, 11) is -2.49. The Kier molecular flexibility index (Phi) is 3.92. The number of fused-ring (bicyclic) bond motifs is 1. The molecular weight excluding hydrogens is 260 g/mol. The second-order valence-electron chi connectivity index (χ2n) is 4.63. The summed E-state index contributed by atoms with van der Waals surface area (Å²) in [6, 6.07) is 11.1. The fourth-order valence-corrected chi connectivity index (χ4v) is 3.11. The molecule has 0 radical (unpaired) electrons. The number of rotatable bonds is 4. The van der Waals surface area contributed by atoms with Crippen LogP contribution in [0.2, 0.25) is 0 Å². The van der Waals surface area contributed by atoms with Gasteiger partial charge in [0.25, 0.3) is 10.1 Å². The molecule has 0 saturated carbocycles. The van der Waals surface area contributed by atoms with E-state index in [0.29, 0.717) is 5.92 Å². The highest BCUT2D eigenvalue weighted by atomic mass is 32.2. The third-order valence-electron chi connectivity index (χ3n) is 3.55. The lowest BCUT2D eigenvalue weighted by atomic mass is 9.93. The molecule has 2 aromatic carbocycles. The Hall–Kier alpha value is -1.39. The van der Waals surface area contributed by atoms with Gasteiger partial charge in [0.2, 0.25) is 0 Å². The first kappa shape index (κ1) is 14.0. The lowest BCUT2D eigenvalue weighted by molar-refractivity contribution is 0.398. The maximum Gasteiger partial charge on any atom is 0.297 e. The Balaban J connectivity index is 2.80. The van der Waals surface area contributed by atoms with Crippen LogP contribution in [0.25, 0.3) is 10.8 Å². The minimum Gasteiger partial charge on any atom is -0.270 e. The van der Waals surface area contributed by atoms with Crippen LogP contribution in [0.4, 0.5) is 0 Å². The van der Waals surface area contributed by atoms with Crippen molar-refractivity contribution in [3.63, 3.8) is 0 Å². The van der Waals surface area contributed by atoms with Crippen molar-refractivity contribution in [1.82, 2.24) is 0 Å². The zero-order valence-corrected chi connectivity index (χ0v) is 12.2. The Morgan fingerprint density at radius 1 is 1.11 bits per heavy atom. The molecule has 0 saturated heterocycles. The van der Waals surface area contributed by atoms with Crippen LogP contribution in [-0.4, -0.2) is 15.5 Å². The Labute approximate surface area is 114 Å². The summed E-state index contributed by atoms with van der Waals surface area (Å²) in [5.41, 5.74) is 1.17. The standard InChI is InChI=1S/C15H18O3S/c1-4-11(2)12-9-10-15(19(16,17)18-3)14-8-6-5-7-13(12)14/h5-11H,4H2,1-3H3. The van der Waals surface area contributed by atoms with Gasteiger partial charge in [-0.3, -0.25) is 4.18 Å². The first-order valence-corrected chi connectivity index (χ1v) is 7.74. The average Bonchev–Trinajstić information content (AvgIpc) is 2.45. The van der Waals surface area contributed by atoms with Crippen molar-refractivity contribution >= 4 is 20.9 Å². The third-order valence-corrected chi connectivity index (χ3v) is 4.88. The van der Waals surface area contributed by atoms with Crippen LogP contribution >= 0.6 is 0 Å². The molecule has 3 nitrogen and oxygen atoms in total. The van der Waals surface area contributed by atoms with Gasteiger partial charge in [0.15, 0.2) is 0 Å². The second kappa shape index (κ2) is 5.31. The zero-order valence-electron chi connectivity index (χ0n) is 11.4. The molecule has 0 heterocycles. The summed E-state index contributed by atoms with van der Waals surface area (Å²) in [4.78, 5) is 0.234. The van der Waals surface area contributed by atoms with Gasteiger partial charge < -0.3 is 0 Å². The van der Waals surface area contributed by atoms with E-state index >= 15 is 0 Å². The van der Waals surface area contributed by atoms with Gasteiger partial charge in [0.1, 0.15) is 4.90 Å². The van der Waals surface area contributed by atoms with Crippen molar-refractivity contribution < 1.29 is 12.6 Å². The molecule has 0 aliphatic carbocycles. The predicted molar refractivity (Wildman–Crippen MR) is 76.8 cm³/mol. The van der Waals surface area contributed by atoms with Crippen molar-refractivity contribution in [2.75, 3.05) is 7.11 Å². The number of hydrogen-bond donors (Lipinski definition) is 0. The summed E-state index contributed by atoms with van der Waals surface area (Å²) < 4.78 is 28.5. The zero-order chi connectivity index (χ0) is 14.0. The van der Waals surface area contributed by atoms with Gasteiger partial charge in [-0.15, -0.1) is 0 Å². The smallest absolute Gasteiger partial charge is 0.270 e. The topological polar surface area (TPSA) is 43.4 Å². The van der Waals surface area contributed by atoms with Gasteiger partial charge in [-0.2, -0.15) is 8.42 Å². The predicted octanol–water partition coefficient (Wildman–Crippen LogP) is 3.69. The third kappa shape index (κ3) is 2.51. The molecule has 0 bridgehead atoms. The van der Waals surface area contributed by atoms with Gasteiger partial charge in [0, 0.05) is 5.39 Å². The van der Waals surface area contributed by atoms with Crippen molar-refractivity contribution in [3.05, 3.63) is 42.0 Å². The lowest BCUT2D eigenvalue weighted by Crippen LogP contribution is -2.05. The molecule has 0 aliphatic rings. The minimum absolute atomic E-state index is 0.234. The van der Waals surface area contributed by atoms with Crippen LogP contribution in [0.1, 0.15) is 31.7 Å². The van der Waals surface area contributed by atoms with E-state index in [2.05, 4.69) is 18.0 Å². The van der Waals surface area contributed by atoms with E-state index in [9.17, 15) is 8.42 Å². The maximum atomic E-state index is 11.9. The van der Waals surface area contributed by atoms with Gasteiger partial charge in [-0.05, 0) is 29.4 Å². The van der Waals surface area contributed by atoms with Crippen molar-refractivity contribution in [3.8, 4) is 0 Å². The van der Waals surface area contributed by atoms with E-state index in [0.717, 1.165) is 17.2 Å². The molecule has 0 aliphatic heterocycles. The highest BCUT2D eigenvalue weighted by molar-refractivity contribution is 7.87. The lowest BCUT2D eigenvalue weighted by Gasteiger charge is -2.15. The molecular formula is C15H18O3S. The molecule has 4 heteroatoms. The Bertz CT molecular complexity index is 690. The Morgan fingerprint density at radius 3 is 2.32 bits per heavy atom. The summed E-state index contributed by atoms with van der Waals surface area (Å²) in [5, 5.41) is 1.71. The molecule has 2 aromatic rings. The van der Waals surface area contributed by atoms with Crippen LogP contribution in [0.5, 0.6) is 0 Å². The molecule has 0 aromatic heterocycles. The quantitative estimate of drug-likeness (QED) is 0.801. The second-order valence-corrected chi connectivity index (χ2v) is 6.31. The highest BCUT2D eigenvalue weighted by Gasteiger charge is 2.19. The van der Waals surface area contributed by atoms with Crippen LogP contribution < -0.4 is 0 Å². The minimum atomic E-state index is -3.67. The van der Waals surface area contributed by atoms with Gasteiger partial charge in [-0.1, -0.05) is 44.2 Å². The molecule has 102 valence electrons. The molecule has 19 heavy (non-hydrogen) atoms. The van der Waals surface area contributed by atoms with Crippen LogP contribution in [-0.2, 0) is 14.3 Å². The highest BCUT2D eigenvalue weighted by Crippen LogP contribution is 2.32. The molecule has 1 unspecified atom stereocenters. The SMILES string of the molecule is CCC(C)c1ccc(S(=O)(=O)OC)c2ccccc12. The summed E-state index contributed by atoms with van der Waals surface area (Å²) in [6.07, 6.45) is 1.01. The van der Waals surface area contributed by atoms with Gasteiger partial charge in [0.05, 0.1) is 7.11 Å². The van der Waals surface area contributed by atoms with E-state index in [1.807, 2.05) is 30.3 Å². The van der Waals surface area contributed by atoms with Crippen molar-refractivity contribution in [2.45, 2.75) is 31.1 Å². The molecule has 1 atom stereocenters. The molecule has 0 N–H and O–H groups in total. The van der Waals surface area contributed by atoms with Crippen LogP contribution in [0.3, 0.4) is 0 Å². The average molecular weight is 278 g/mol. The molecule has 0 amide bonds. The fourth-order valence-electron chi connectivity index (χ4n) is 2.25. The fraction of sp³-hybridized carbons (Fsp3) is 0.333. The first-order chi connectivity index (χ1) is 9.01. The monoisotopic (exact) mass is 278 g/mol. The molecule has 0 spiro atoms. The van der Waals surface area contributed by atoms with Gasteiger partial charge >= 0.3 is 0 Å². The normalized spacial score (nSPS) is 13.6. The number of benzene rings is 2. The maximum absolute atomic E-state index is 11.9. The Morgan fingerprint density at radius 2 is 1.74 bits per heavy atom. The van der Waals surface area contributed by atoms with Gasteiger partial charge in [-0.25, -0.2) is 0 Å². The van der Waals surface area contributed by atoms with E-state index in [1.54, 1.807) is 6.07 Å². The van der Waals surface area contributed by atoms with Crippen LogP contribution in [0.15, 0.2) is 41.3 Å². The van der Waals surface area contributed by atoms with Crippen molar-refractivity contribution in [2.24, 2.45) is 0 Å². The van der Waals surface area contributed by atoms with Crippen molar-refractivity contribution in [1.29, 1.82) is 0 Å². The van der Waals surface area contributed by atoms with Crippen LogP contribution in [0, 0.1) is 0 Å². The van der Waals surface area contributed by atoms with E-state index in [4.69, 9.17) is 0 Å². The molecule has 2 rings (SSSR count).